The number of H-pyrrole nitrogens is 1. The standard InChI is InChI=1S/C27H34N6O2/c1-17(2)25-21-11-18(19-7-6-10-32(13-19)15-24(34)31(3)4)8-9-22(21)30-26(25)20-12-23(35-5)27-28-16-29-33(27)14-20/h8-9,11-12,14,16-17,19,30H,6-7,10,13,15H2,1-5H3. The zero-order valence-electron chi connectivity index (χ0n) is 21.2. The molecule has 4 aromatic rings. The largest absolute Gasteiger partial charge is 0.493 e. The summed E-state index contributed by atoms with van der Waals surface area (Å²) in [6.07, 6.45) is 5.80. The van der Waals surface area contributed by atoms with Gasteiger partial charge in [0.05, 0.1) is 19.3 Å². The minimum Gasteiger partial charge on any atom is -0.493 e. The van der Waals surface area contributed by atoms with Crippen molar-refractivity contribution in [3.8, 4) is 17.0 Å². The molecule has 1 unspecified atom stereocenters. The van der Waals surface area contributed by atoms with E-state index in [2.05, 4.69) is 52.0 Å². The van der Waals surface area contributed by atoms with Crippen molar-refractivity contribution < 1.29 is 9.53 Å². The highest BCUT2D eigenvalue weighted by atomic mass is 16.5. The van der Waals surface area contributed by atoms with E-state index in [1.807, 2.05) is 26.4 Å². The van der Waals surface area contributed by atoms with Gasteiger partial charge in [-0.15, -0.1) is 0 Å². The Bertz CT molecular complexity index is 1370. The van der Waals surface area contributed by atoms with Gasteiger partial charge in [-0.1, -0.05) is 19.9 Å². The highest BCUT2D eigenvalue weighted by molar-refractivity contribution is 5.92. The first-order valence-electron chi connectivity index (χ1n) is 12.3. The highest BCUT2D eigenvalue weighted by Gasteiger charge is 2.25. The molecule has 1 aliphatic heterocycles. The fourth-order valence-corrected chi connectivity index (χ4v) is 5.30. The molecule has 0 radical (unpaired) electrons. The van der Waals surface area contributed by atoms with E-state index < -0.39 is 0 Å². The molecule has 0 saturated carbocycles. The lowest BCUT2D eigenvalue weighted by atomic mass is 9.88. The Morgan fingerprint density at radius 1 is 1.29 bits per heavy atom. The summed E-state index contributed by atoms with van der Waals surface area (Å²) in [6.45, 7) is 6.86. The number of aromatic nitrogens is 4. The normalized spacial score (nSPS) is 16.9. The fraction of sp³-hybridized carbons (Fsp3) is 0.444. The molecule has 1 atom stereocenters. The van der Waals surface area contributed by atoms with Crippen LogP contribution in [0.15, 0.2) is 36.8 Å². The quantitative estimate of drug-likeness (QED) is 0.451. The average Bonchev–Trinajstić information content (AvgIpc) is 3.47. The molecule has 1 fully saturated rings. The molecular formula is C27H34N6O2. The van der Waals surface area contributed by atoms with Gasteiger partial charge in [0.25, 0.3) is 0 Å². The Labute approximate surface area is 205 Å². The van der Waals surface area contributed by atoms with Gasteiger partial charge in [-0.05, 0) is 60.5 Å². The van der Waals surface area contributed by atoms with Crippen LogP contribution >= 0.6 is 0 Å². The number of piperidine rings is 1. The van der Waals surface area contributed by atoms with E-state index in [4.69, 9.17) is 4.74 Å². The third-order valence-electron chi connectivity index (χ3n) is 7.12. The number of carbonyl (C=O) groups excluding carboxylic acids is 1. The monoisotopic (exact) mass is 474 g/mol. The molecule has 1 amide bonds. The van der Waals surface area contributed by atoms with Gasteiger partial charge in [0.2, 0.25) is 5.91 Å². The van der Waals surface area contributed by atoms with E-state index in [9.17, 15) is 4.79 Å². The van der Waals surface area contributed by atoms with Crippen LogP contribution in [0, 0.1) is 0 Å². The van der Waals surface area contributed by atoms with Crippen LogP contribution in [0.4, 0.5) is 0 Å². The molecule has 0 spiro atoms. The molecule has 8 heteroatoms. The first kappa shape index (κ1) is 23.4. The van der Waals surface area contributed by atoms with Gasteiger partial charge in [0.1, 0.15) is 6.33 Å². The van der Waals surface area contributed by atoms with Crippen molar-refractivity contribution in [2.24, 2.45) is 0 Å². The molecule has 1 N–H and O–H groups in total. The maximum absolute atomic E-state index is 12.3. The Morgan fingerprint density at radius 2 is 2.11 bits per heavy atom. The number of pyridine rings is 1. The summed E-state index contributed by atoms with van der Waals surface area (Å²) >= 11 is 0. The van der Waals surface area contributed by atoms with Gasteiger partial charge in [-0.2, -0.15) is 5.10 Å². The predicted octanol–water partition coefficient (Wildman–Crippen LogP) is 4.28. The summed E-state index contributed by atoms with van der Waals surface area (Å²) in [5, 5.41) is 5.59. The zero-order valence-corrected chi connectivity index (χ0v) is 21.2. The second-order valence-electron chi connectivity index (χ2n) is 10.1. The Morgan fingerprint density at radius 3 is 2.86 bits per heavy atom. The summed E-state index contributed by atoms with van der Waals surface area (Å²) < 4.78 is 7.37. The number of aromatic amines is 1. The lowest BCUT2D eigenvalue weighted by molar-refractivity contribution is -0.130. The number of methoxy groups -OCH3 is 1. The zero-order chi connectivity index (χ0) is 24.7. The summed E-state index contributed by atoms with van der Waals surface area (Å²) in [4.78, 5) is 24.2. The number of hydrogen-bond donors (Lipinski definition) is 1. The number of ether oxygens (including phenoxy) is 1. The van der Waals surface area contributed by atoms with Gasteiger partial charge < -0.3 is 14.6 Å². The number of nitrogens with one attached hydrogen (secondary N) is 1. The van der Waals surface area contributed by atoms with E-state index in [0.717, 1.165) is 42.7 Å². The third-order valence-corrected chi connectivity index (χ3v) is 7.12. The SMILES string of the molecule is COc1cc(-c2[nH]c3ccc(C4CCCN(CC(=O)N(C)C)C4)cc3c2C(C)C)cn2ncnc12. The van der Waals surface area contributed by atoms with Crippen LogP contribution < -0.4 is 4.74 Å². The van der Waals surface area contributed by atoms with Crippen molar-refractivity contribution in [1.82, 2.24) is 29.4 Å². The summed E-state index contributed by atoms with van der Waals surface area (Å²) in [5.41, 5.74) is 6.57. The fourth-order valence-electron chi connectivity index (χ4n) is 5.30. The van der Waals surface area contributed by atoms with E-state index in [1.165, 1.54) is 16.5 Å². The Hall–Kier alpha value is -3.39. The second kappa shape index (κ2) is 9.34. The molecule has 0 bridgehead atoms. The number of rotatable bonds is 6. The number of amides is 1. The van der Waals surface area contributed by atoms with Crippen LogP contribution in [0.1, 0.15) is 49.7 Å². The average molecular weight is 475 g/mol. The van der Waals surface area contributed by atoms with E-state index in [1.54, 1.807) is 22.9 Å². The smallest absolute Gasteiger partial charge is 0.236 e. The summed E-state index contributed by atoms with van der Waals surface area (Å²) in [5.74, 6) is 1.61. The lowest BCUT2D eigenvalue weighted by Gasteiger charge is -2.33. The first-order chi connectivity index (χ1) is 16.9. The molecule has 3 aromatic heterocycles. The Kier molecular flexibility index (Phi) is 6.23. The number of hydrogen-bond acceptors (Lipinski definition) is 5. The van der Waals surface area contributed by atoms with E-state index in [-0.39, 0.29) is 5.91 Å². The molecular weight excluding hydrogens is 440 g/mol. The molecule has 1 saturated heterocycles. The van der Waals surface area contributed by atoms with Crippen LogP contribution in [0.5, 0.6) is 5.75 Å². The van der Waals surface area contributed by atoms with Crippen LogP contribution in [0.2, 0.25) is 0 Å². The molecule has 8 nitrogen and oxygen atoms in total. The molecule has 1 aliphatic rings. The summed E-state index contributed by atoms with van der Waals surface area (Å²) in [7, 11) is 5.31. The van der Waals surface area contributed by atoms with Gasteiger partial charge in [0, 0.05) is 43.3 Å². The minimum atomic E-state index is 0.165. The molecule has 4 heterocycles. The van der Waals surface area contributed by atoms with Crippen LogP contribution in [-0.2, 0) is 4.79 Å². The maximum atomic E-state index is 12.3. The van der Waals surface area contributed by atoms with Gasteiger partial charge >= 0.3 is 0 Å². The third kappa shape index (κ3) is 4.38. The van der Waals surface area contributed by atoms with Crippen LogP contribution in [-0.4, -0.2) is 76.1 Å². The number of benzene rings is 1. The first-order valence-corrected chi connectivity index (χ1v) is 12.3. The van der Waals surface area contributed by atoms with Crippen molar-refractivity contribution >= 4 is 22.5 Å². The van der Waals surface area contributed by atoms with Crippen molar-refractivity contribution in [2.75, 3.05) is 40.8 Å². The number of likely N-dealkylation sites (N-methyl/N-ethyl adjacent to an activating group) is 1. The number of likely N-dealkylation sites (tertiary alicyclic amines) is 1. The highest BCUT2D eigenvalue weighted by Crippen LogP contribution is 2.39. The van der Waals surface area contributed by atoms with Crippen molar-refractivity contribution in [3.63, 3.8) is 0 Å². The Balaban J connectivity index is 1.53. The number of carbonyl (C=O) groups is 1. The lowest BCUT2D eigenvalue weighted by Crippen LogP contribution is -2.41. The molecule has 5 rings (SSSR count). The van der Waals surface area contributed by atoms with Crippen LogP contribution in [0.3, 0.4) is 0 Å². The topological polar surface area (TPSA) is 78.8 Å². The summed E-state index contributed by atoms with van der Waals surface area (Å²) in [6, 6.07) is 8.84. The van der Waals surface area contributed by atoms with Crippen molar-refractivity contribution in [2.45, 2.75) is 38.5 Å². The molecule has 184 valence electrons. The van der Waals surface area contributed by atoms with Gasteiger partial charge in [-0.3, -0.25) is 9.69 Å². The molecule has 0 aliphatic carbocycles. The van der Waals surface area contributed by atoms with Crippen molar-refractivity contribution in [3.05, 3.63) is 47.9 Å². The maximum Gasteiger partial charge on any atom is 0.236 e. The van der Waals surface area contributed by atoms with Gasteiger partial charge in [0.15, 0.2) is 11.4 Å². The van der Waals surface area contributed by atoms with Gasteiger partial charge in [-0.25, -0.2) is 9.50 Å². The van der Waals surface area contributed by atoms with Crippen LogP contribution in [0.25, 0.3) is 27.8 Å². The molecule has 35 heavy (non-hydrogen) atoms. The van der Waals surface area contributed by atoms with E-state index >= 15 is 0 Å². The second-order valence-corrected chi connectivity index (χ2v) is 10.1. The number of nitrogens with zero attached hydrogens (tertiary/aromatic N) is 5. The number of fused-ring (bicyclic) bond motifs is 2. The molecule has 1 aromatic carbocycles. The minimum absolute atomic E-state index is 0.165. The van der Waals surface area contributed by atoms with E-state index in [0.29, 0.717) is 29.8 Å². The van der Waals surface area contributed by atoms with Crippen molar-refractivity contribution in [1.29, 1.82) is 0 Å². The predicted molar refractivity (Wildman–Crippen MR) is 138 cm³/mol.